The number of aliphatic hydroxyl groups excluding tert-OH is 6. The minimum Gasteiger partial charge on any atom is -0.394 e. The van der Waals surface area contributed by atoms with Gasteiger partial charge in [0.25, 0.3) is 0 Å². The van der Waals surface area contributed by atoms with Gasteiger partial charge in [-0.2, -0.15) is 0 Å². The van der Waals surface area contributed by atoms with Crippen LogP contribution in [0.2, 0.25) is 0 Å². The van der Waals surface area contributed by atoms with E-state index in [4.69, 9.17) is 24.1 Å². The molecule has 2 heterocycles. The maximum Gasteiger partial charge on any atom is 0.187 e. The molecular weight excluding hydrogens is 316 g/mol. The van der Waals surface area contributed by atoms with Crippen molar-refractivity contribution < 1.29 is 49.6 Å². The Bertz CT molecular complexity index is 380. The molecule has 2 aliphatic heterocycles. The average Bonchev–Trinajstić information content (AvgIpc) is 2.54. The molecule has 2 saturated heterocycles. The van der Waals surface area contributed by atoms with E-state index in [2.05, 4.69) is 0 Å². The van der Waals surface area contributed by atoms with Crippen LogP contribution >= 0.6 is 0 Å². The molecule has 136 valence electrons. The highest BCUT2D eigenvalue weighted by Gasteiger charge is 2.49. The largest absolute Gasteiger partial charge is 0.394 e. The summed E-state index contributed by atoms with van der Waals surface area (Å²) in [5, 5.41) is 58.5. The zero-order valence-corrected chi connectivity index (χ0v) is 12.8. The zero-order chi connectivity index (χ0) is 17.3. The lowest BCUT2D eigenvalue weighted by molar-refractivity contribution is -0.353. The number of methoxy groups -OCH3 is 1. The molecule has 6 N–H and O–H groups in total. The molecule has 0 amide bonds. The molecule has 0 aliphatic carbocycles. The highest BCUT2D eigenvalue weighted by Crippen LogP contribution is 2.29. The molecule has 10 nitrogen and oxygen atoms in total. The van der Waals surface area contributed by atoms with Gasteiger partial charge in [-0.15, -0.1) is 0 Å². The SMILES string of the molecule is CO[C@@H]1O[C@@H](C)[C@H](O[C@H]2O[C@H](CO)[C@@H](O)[C@H](O)[C@@H]2O)[C@@H](O)[C@H]1O. The van der Waals surface area contributed by atoms with Crippen LogP contribution in [0.4, 0.5) is 0 Å². The van der Waals surface area contributed by atoms with Crippen LogP contribution < -0.4 is 0 Å². The highest BCUT2D eigenvalue weighted by atomic mass is 16.7. The van der Waals surface area contributed by atoms with Crippen molar-refractivity contribution in [2.45, 2.75) is 68.3 Å². The molecule has 0 saturated carbocycles. The van der Waals surface area contributed by atoms with Crippen molar-refractivity contribution in [3.05, 3.63) is 0 Å². The fraction of sp³-hybridized carbons (Fsp3) is 1.00. The Morgan fingerprint density at radius 2 is 1.43 bits per heavy atom. The number of aliphatic hydroxyl groups is 6. The molecule has 10 atom stereocenters. The van der Waals surface area contributed by atoms with Gasteiger partial charge < -0.3 is 49.6 Å². The molecule has 2 fully saturated rings. The quantitative estimate of drug-likeness (QED) is 0.300. The minimum atomic E-state index is -1.61. The molecule has 0 aromatic carbocycles. The molecular formula is C13H24O10. The summed E-state index contributed by atoms with van der Waals surface area (Å²) < 4.78 is 20.9. The second-order valence-corrected chi connectivity index (χ2v) is 5.72. The summed E-state index contributed by atoms with van der Waals surface area (Å²) in [5.74, 6) is 0. The Kier molecular flexibility index (Phi) is 6.30. The van der Waals surface area contributed by atoms with Gasteiger partial charge in [-0.25, -0.2) is 0 Å². The summed E-state index contributed by atoms with van der Waals surface area (Å²) in [4.78, 5) is 0. The first-order valence-electron chi connectivity index (χ1n) is 7.32. The summed E-state index contributed by atoms with van der Waals surface area (Å²) in [6.07, 6.45) is -12.9. The van der Waals surface area contributed by atoms with Crippen molar-refractivity contribution in [3.63, 3.8) is 0 Å². The van der Waals surface area contributed by atoms with Gasteiger partial charge in [0.15, 0.2) is 12.6 Å². The summed E-state index contributed by atoms with van der Waals surface area (Å²) in [7, 11) is 1.31. The predicted molar refractivity (Wildman–Crippen MR) is 72.0 cm³/mol. The Morgan fingerprint density at radius 3 is 2.00 bits per heavy atom. The van der Waals surface area contributed by atoms with Crippen LogP contribution in [0.3, 0.4) is 0 Å². The monoisotopic (exact) mass is 340 g/mol. The Hall–Kier alpha value is -0.400. The van der Waals surface area contributed by atoms with Crippen LogP contribution in [-0.4, -0.2) is 106 Å². The lowest BCUT2D eigenvalue weighted by atomic mass is 9.97. The van der Waals surface area contributed by atoms with E-state index in [0.717, 1.165) is 0 Å². The average molecular weight is 340 g/mol. The van der Waals surface area contributed by atoms with Crippen LogP contribution in [0.1, 0.15) is 6.92 Å². The van der Waals surface area contributed by atoms with Gasteiger partial charge in [-0.1, -0.05) is 0 Å². The molecule has 0 bridgehead atoms. The molecule has 0 aromatic rings. The van der Waals surface area contributed by atoms with Crippen molar-refractivity contribution in [2.75, 3.05) is 13.7 Å². The van der Waals surface area contributed by atoms with E-state index >= 15 is 0 Å². The summed E-state index contributed by atoms with van der Waals surface area (Å²) in [6, 6.07) is 0. The molecule has 2 aliphatic rings. The fourth-order valence-electron chi connectivity index (χ4n) is 2.72. The standard InChI is InChI=1S/C13H24O10/c1-4-11(8(17)10(19)12(20-2)21-4)23-13-9(18)7(16)6(15)5(3-14)22-13/h4-19H,3H2,1-2H3/t4-,5+,6+,7-,8-,9-,10+,11-,12+,13+/m0/s1. The fourth-order valence-corrected chi connectivity index (χ4v) is 2.72. The van der Waals surface area contributed by atoms with Crippen molar-refractivity contribution in [2.24, 2.45) is 0 Å². The van der Waals surface area contributed by atoms with E-state index < -0.39 is 68.0 Å². The zero-order valence-electron chi connectivity index (χ0n) is 12.8. The molecule has 0 unspecified atom stereocenters. The first-order chi connectivity index (χ1) is 10.8. The van der Waals surface area contributed by atoms with E-state index in [-0.39, 0.29) is 0 Å². The third-order valence-electron chi connectivity index (χ3n) is 4.15. The number of hydrogen-bond acceptors (Lipinski definition) is 10. The van der Waals surface area contributed by atoms with Crippen LogP contribution in [0.5, 0.6) is 0 Å². The van der Waals surface area contributed by atoms with Crippen molar-refractivity contribution in [3.8, 4) is 0 Å². The Morgan fingerprint density at radius 1 is 0.826 bits per heavy atom. The number of ether oxygens (including phenoxy) is 4. The third kappa shape index (κ3) is 3.66. The first-order valence-corrected chi connectivity index (χ1v) is 7.32. The van der Waals surface area contributed by atoms with E-state index in [0.29, 0.717) is 0 Å². The van der Waals surface area contributed by atoms with E-state index in [1.54, 1.807) is 6.92 Å². The number of hydrogen-bond donors (Lipinski definition) is 6. The minimum absolute atomic E-state index is 0.599. The normalized spacial score (nSPS) is 51.7. The maximum absolute atomic E-state index is 10.1. The molecule has 2 rings (SSSR count). The summed E-state index contributed by atoms with van der Waals surface area (Å²) in [6.45, 7) is 0.967. The first kappa shape index (κ1) is 18.9. The van der Waals surface area contributed by atoms with Crippen LogP contribution in [0.25, 0.3) is 0 Å². The lowest BCUT2D eigenvalue weighted by Crippen LogP contribution is -2.63. The van der Waals surface area contributed by atoms with E-state index in [1.165, 1.54) is 7.11 Å². The predicted octanol–water partition coefficient (Wildman–Crippen LogP) is -3.72. The smallest absolute Gasteiger partial charge is 0.187 e. The molecule has 10 heteroatoms. The summed E-state index contributed by atoms with van der Waals surface area (Å²) >= 11 is 0. The molecule has 0 spiro atoms. The van der Waals surface area contributed by atoms with E-state index in [1.807, 2.05) is 0 Å². The topological polar surface area (TPSA) is 158 Å². The van der Waals surface area contributed by atoms with Crippen LogP contribution in [0, 0.1) is 0 Å². The molecule has 0 radical (unpaired) electrons. The van der Waals surface area contributed by atoms with E-state index in [9.17, 15) is 25.5 Å². The number of rotatable bonds is 4. The van der Waals surface area contributed by atoms with Gasteiger partial charge in [0.1, 0.15) is 42.7 Å². The molecule has 0 aromatic heterocycles. The lowest BCUT2D eigenvalue weighted by Gasteiger charge is -2.45. The van der Waals surface area contributed by atoms with Gasteiger partial charge >= 0.3 is 0 Å². The highest BCUT2D eigenvalue weighted by molar-refractivity contribution is 4.93. The maximum atomic E-state index is 10.1. The third-order valence-corrected chi connectivity index (χ3v) is 4.15. The van der Waals surface area contributed by atoms with Crippen LogP contribution in [-0.2, 0) is 18.9 Å². The molecule has 23 heavy (non-hydrogen) atoms. The Balaban J connectivity index is 2.08. The second-order valence-electron chi connectivity index (χ2n) is 5.72. The summed E-state index contributed by atoms with van der Waals surface area (Å²) in [5.41, 5.74) is 0. The van der Waals surface area contributed by atoms with Gasteiger partial charge in [-0.05, 0) is 6.92 Å². The van der Waals surface area contributed by atoms with Crippen molar-refractivity contribution >= 4 is 0 Å². The Labute approximate surface area is 132 Å². The van der Waals surface area contributed by atoms with Gasteiger partial charge in [0, 0.05) is 7.11 Å². The van der Waals surface area contributed by atoms with Crippen molar-refractivity contribution in [1.82, 2.24) is 0 Å². The van der Waals surface area contributed by atoms with Gasteiger partial charge in [-0.3, -0.25) is 0 Å². The second kappa shape index (κ2) is 7.66. The van der Waals surface area contributed by atoms with Crippen LogP contribution in [0.15, 0.2) is 0 Å². The van der Waals surface area contributed by atoms with Gasteiger partial charge in [0.2, 0.25) is 0 Å². The van der Waals surface area contributed by atoms with Crippen molar-refractivity contribution in [1.29, 1.82) is 0 Å². The van der Waals surface area contributed by atoms with Gasteiger partial charge in [0.05, 0.1) is 12.7 Å².